The van der Waals surface area contributed by atoms with Gasteiger partial charge in [-0.25, -0.2) is 4.79 Å². The molecule has 1 aliphatic carbocycles. The Balaban J connectivity index is 0.00000154. The van der Waals surface area contributed by atoms with Crippen molar-refractivity contribution in [1.29, 1.82) is 0 Å². The van der Waals surface area contributed by atoms with E-state index < -0.39 is 5.97 Å². The van der Waals surface area contributed by atoms with Crippen LogP contribution < -0.4 is 0 Å². The third kappa shape index (κ3) is 5.87. The molecule has 2 atom stereocenters. The minimum absolute atomic E-state index is 0.178. The van der Waals surface area contributed by atoms with E-state index in [0.717, 1.165) is 5.57 Å². The Morgan fingerprint density at radius 1 is 1.47 bits per heavy atom. The highest BCUT2D eigenvalue weighted by Gasteiger charge is 2.23. The molecule has 0 amide bonds. The molecular weight excluding hydrogens is 240 g/mol. The molecule has 3 nitrogen and oxygen atoms in total. The Morgan fingerprint density at radius 3 is 2.53 bits per heavy atom. The maximum absolute atomic E-state index is 11.3. The molecule has 1 aliphatic rings. The Morgan fingerprint density at radius 2 is 2.05 bits per heavy atom. The van der Waals surface area contributed by atoms with Crippen molar-refractivity contribution in [1.82, 2.24) is 0 Å². The molecule has 0 aromatic rings. The standard InChI is InChI=1S/C14H18O3.C2H2/c1-9(6-14(16)17)4-5-13-10(2)7-12(15)8-11(13)3;1-2/h4-7,11,13H,8H2,1-3H3,(H,16,17);1-2H/b5-4+,9-6-;/t11-,13?;/m1./s1. The summed E-state index contributed by atoms with van der Waals surface area (Å²) in [5.74, 6) is -0.255. The van der Waals surface area contributed by atoms with Crippen LogP contribution in [-0.2, 0) is 9.59 Å². The second kappa shape index (κ2) is 8.10. The van der Waals surface area contributed by atoms with Gasteiger partial charge < -0.3 is 5.11 Å². The zero-order chi connectivity index (χ0) is 15.0. The van der Waals surface area contributed by atoms with E-state index >= 15 is 0 Å². The molecule has 0 saturated carbocycles. The van der Waals surface area contributed by atoms with Gasteiger partial charge in [-0.2, -0.15) is 0 Å². The van der Waals surface area contributed by atoms with Crippen LogP contribution in [0.15, 0.2) is 35.5 Å². The second-order valence-corrected chi connectivity index (χ2v) is 4.65. The van der Waals surface area contributed by atoms with E-state index in [9.17, 15) is 9.59 Å². The van der Waals surface area contributed by atoms with Gasteiger partial charge in [0.1, 0.15) is 0 Å². The number of hydrogen-bond donors (Lipinski definition) is 1. The highest BCUT2D eigenvalue weighted by molar-refractivity contribution is 5.91. The van der Waals surface area contributed by atoms with Crippen molar-refractivity contribution in [3.63, 3.8) is 0 Å². The number of ketones is 1. The minimum Gasteiger partial charge on any atom is -0.478 e. The summed E-state index contributed by atoms with van der Waals surface area (Å²) in [6, 6.07) is 0. The quantitative estimate of drug-likeness (QED) is 0.482. The summed E-state index contributed by atoms with van der Waals surface area (Å²) in [6.45, 7) is 5.74. The van der Waals surface area contributed by atoms with Crippen molar-refractivity contribution in [2.24, 2.45) is 11.8 Å². The summed E-state index contributed by atoms with van der Waals surface area (Å²) in [5, 5.41) is 8.59. The number of allylic oxidation sites excluding steroid dienone is 5. The fourth-order valence-electron chi connectivity index (χ4n) is 2.14. The van der Waals surface area contributed by atoms with Gasteiger partial charge in [0.05, 0.1) is 0 Å². The summed E-state index contributed by atoms with van der Waals surface area (Å²) in [5.41, 5.74) is 1.75. The molecule has 0 aromatic heterocycles. The molecule has 0 fully saturated rings. The molecule has 0 saturated heterocycles. The fourth-order valence-corrected chi connectivity index (χ4v) is 2.14. The van der Waals surface area contributed by atoms with E-state index in [4.69, 9.17) is 5.11 Å². The average Bonchev–Trinajstić information content (AvgIpc) is 2.29. The van der Waals surface area contributed by atoms with Gasteiger partial charge in [-0.15, -0.1) is 12.8 Å². The summed E-state index contributed by atoms with van der Waals surface area (Å²) in [6.07, 6.45) is 15.2. The molecule has 0 radical (unpaired) electrons. The smallest absolute Gasteiger partial charge is 0.328 e. The number of carboxylic acids is 1. The largest absolute Gasteiger partial charge is 0.478 e. The first kappa shape index (κ1) is 16.9. The van der Waals surface area contributed by atoms with Gasteiger partial charge >= 0.3 is 5.97 Å². The van der Waals surface area contributed by atoms with E-state index in [2.05, 4.69) is 12.8 Å². The zero-order valence-corrected chi connectivity index (χ0v) is 11.6. The van der Waals surface area contributed by atoms with Crippen molar-refractivity contribution in [3.8, 4) is 12.8 Å². The molecule has 19 heavy (non-hydrogen) atoms. The van der Waals surface area contributed by atoms with Crippen LogP contribution in [-0.4, -0.2) is 16.9 Å². The molecule has 0 bridgehead atoms. The molecule has 0 aromatic carbocycles. The van der Waals surface area contributed by atoms with Gasteiger partial charge in [0.25, 0.3) is 0 Å². The molecule has 1 rings (SSSR count). The van der Waals surface area contributed by atoms with Crippen LogP contribution in [0.25, 0.3) is 0 Å². The second-order valence-electron chi connectivity index (χ2n) is 4.65. The van der Waals surface area contributed by atoms with Gasteiger partial charge in [0.15, 0.2) is 5.78 Å². The van der Waals surface area contributed by atoms with Crippen molar-refractivity contribution in [3.05, 3.63) is 35.5 Å². The van der Waals surface area contributed by atoms with E-state index in [-0.39, 0.29) is 17.6 Å². The van der Waals surface area contributed by atoms with E-state index in [1.807, 2.05) is 26.0 Å². The predicted octanol–water partition coefficient (Wildman–Crippen LogP) is 2.99. The van der Waals surface area contributed by atoms with Crippen LogP contribution in [0.4, 0.5) is 0 Å². The molecule has 0 spiro atoms. The number of hydrogen-bond acceptors (Lipinski definition) is 2. The summed E-state index contributed by atoms with van der Waals surface area (Å²) >= 11 is 0. The topological polar surface area (TPSA) is 54.4 Å². The highest BCUT2D eigenvalue weighted by atomic mass is 16.4. The molecule has 0 heterocycles. The molecule has 1 unspecified atom stereocenters. The third-order valence-corrected chi connectivity index (χ3v) is 2.97. The van der Waals surface area contributed by atoms with E-state index in [0.29, 0.717) is 12.0 Å². The third-order valence-electron chi connectivity index (χ3n) is 2.97. The Hall–Kier alpha value is -2.08. The van der Waals surface area contributed by atoms with Gasteiger partial charge in [-0.1, -0.05) is 24.6 Å². The van der Waals surface area contributed by atoms with Crippen molar-refractivity contribution < 1.29 is 14.7 Å². The maximum Gasteiger partial charge on any atom is 0.328 e. The lowest BCUT2D eigenvalue weighted by molar-refractivity contribution is -0.131. The van der Waals surface area contributed by atoms with E-state index in [1.165, 1.54) is 6.08 Å². The normalized spacial score (nSPS) is 23.5. The summed E-state index contributed by atoms with van der Waals surface area (Å²) < 4.78 is 0. The lowest BCUT2D eigenvalue weighted by atomic mass is 9.79. The van der Waals surface area contributed by atoms with Gasteiger partial charge in [-0.05, 0) is 31.4 Å². The Labute approximate surface area is 114 Å². The van der Waals surface area contributed by atoms with E-state index in [1.54, 1.807) is 13.0 Å². The predicted molar refractivity (Wildman–Crippen MR) is 76.5 cm³/mol. The monoisotopic (exact) mass is 260 g/mol. The van der Waals surface area contributed by atoms with Crippen molar-refractivity contribution in [2.75, 3.05) is 0 Å². The maximum atomic E-state index is 11.3. The Bertz CT molecular complexity index is 450. The van der Waals surface area contributed by atoms with Crippen molar-refractivity contribution in [2.45, 2.75) is 27.2 Å². The van der Waals surface area contributed by atoms with Crippen LogP contribution in [0.5, 0.6) is 0 Å². The van der Waals surface area contributed by atoms with Crippen LogP contribution in [0, 0.1) is 24.7 Å². The SMILES string of the molecule is C#C.CC1=CC(=O)C[C@@H](C)C1/C=C/C(C)=C\C(=O)O. The first-order valence-corrected chi connectivity index (χ1v) is 6.04. The number of rotatable bonds is 3. The summed E-state index contributed by atoms with van der Waals surface area (Å²) in [7, 11) is 0. The summed E-state index contributed by atoms with van der Waals surface area (Å²) in [4.78, 5) is 21.8. The lowest BCUT2D eigenvalue weighted by Crippen LogP contribution is -2.20. The number of carbonyl (C=O) groups excluding carboxylic acids is 1. The number of terminal acetylenes is 1. The lowest BCUT2D eigenvalue weighted by Gasteiger charge is -2.25. The van der Waals surface area contributed by atoms with Crippen LogP contribution in [0.3, 0.4) is 0 Å². The van der Waals surface area contributed by atoms with Gasteiger partial charge in [0, 0.05) is 18.4 Å². The molecular formula is C16H20O3. The van der Waals surface area contributed by atoms with Crippen molar-refractivity contribution >= 4 is 11.8 Å². The highest BCUT2D eigenvalue weighted by Crippen LogP contribution is 2.29. The van der Waals surface area contributed by atoms with Crippen LogP contribution >= 0.6 is 0 Å². The van der Waals surface area contributed by atoms with Crippen LogP contribution in [0.1, 0.15) is 27.2 Å². The zero-order valence-electron chi connectivity index (χ0n) is 11.6. The first-order chi connectivity index (χ1) is 8.90. The van der Waals surface area contributed by atoms with Gasteiger partial charge in [0.2, 0.25) is 0 Å². The fraction of sp³-hybridized carbons (Fsp3) is 0.375. The molecule has 3 heteroatoms. The Kier molecular flexibility index (Phi) is 7.21. The average molecular weight is 260 g/mol. The number of aliphatic carboxylic acids is 1. The first-order valence-electron chi connectivity index (χ1n) is 6.04. The number of carboxylic acid groups (broad SMARTS) is 1. The molecule has 1 N–H and O–H groups in total. The molecule has 102 valence electrons. The molecule has 0 aliphatic heterocycles. The minimum atomic E-state index is -0.939. The van der Waals surface area contributed by atoms with Gasteiger partial charge in [-0.3, -0.25) is 4.79 Å². The van der Waals surface area contributed by atoms with Crippen LogP contribution in [0.2, 0.25) is 0 Å². The number of carbonyl (C=O) groups is 2.